The maximum absolute atomic E-state index is 12.1. The Bertz CT molecular complexity index is 623. The van der Waals surface area contributed by atoms with Crippen molar-refractivity contribution in [1.82, 2.24) is 15.6 Å². The average Bonchev–Trinajstić information content (AvgIpc) is 3.36. The van der Waals surface area contributed by atoms with Crippen molar-refractivity contribution in [3.05, 3.63) is 66.0 Å². The monoisotopic (exact) mass is 295 g/mol. The van der Waals surface area contributed by atoms with Gasteiger partial charge in [-0.25, -0.2) is 4.79 Å². The number of aromatic nitrogens is 1. The molecular formula is C18H21N3O. The van der Waals surface area contributed by atoms with E-state index in [4.69, 9.17) is 0 Å². The van der Waals surface area contributed by atoms with Crippen molar-refractivity contribution in [1.29, 1.82) is 0 Å². The van der Waals surface area contributed by atoms with Crippen molar-refractivity contribution in [2.45, 2.75) is 31.2 Å². The summed E-state index contributed by atoms with van der Waals surface area (Å²) >= 11 is 0. The summed E-state index contributed by atoms with van der Waals surface area (Å²) in [5.74, 6) is 0. The van der Waals surface area contributed by atoms with Gasteiger partial charge in [-0.3, -0.25) is 4.98 Å². The first-order valence-electron chi connectivity index (χ1n) is 7.70. The Labute approximate surface area is 131 Å². The topological polar surface area (TPSA) is 54.0 Å². The van der Waals surface area contributed by atoms with E-state index in [0.29, 0.717) is 6.54 Å². The van der Waals surface area contributed by atoms with Crippen LogP contribution in [0.25, 0.3) is 0 Å². The Morgan fingerprint density at radius 3 is 2.55 bits per heavy atom. The van der Waals surface area contributed by atoms with E-state index >= 15 is 0 Å². The number of amides is 2. The average molecular weight is 295 g/mol. The summed E-state index contributed by atoms with van der Waals surface area (Å²) in [6, 6.07) is 15.9. The van der Waals surface area contributed by atoms with Gasteiger partial charge >= 0.3 is 6.03 Å². The van der Waals surface area contributed by atoms with E-state index in [-0.39, 0.29) is 17.5 Å². The lowest BCUT2D eigenvalue weighted by atomic mass is 9.96. The Hall–Kier alpha value is -2.36. The molecule has 0 unspecified atom stereocenters. The van der Waals surface area contributed by atoms with Crippen molar-refractivity contribution in [2.75, 3.05) is 6.54 Å². The fourth-order valence-electron chi connectivity index (χ4n) is 2.71. The molecule has 0 radical (unpaired) electrons. The predicted molar refractivity (Wildman–Crippen MR) is 86.5 cm³/mol. The lowest BCUT2D eigenvalue weighted by molar-refractivity contribution is 0.236. The molecule has 4 nitrogen and oxygen atoms in total. The Balaban J connectivity index is 1.53. The van der Waals surface area contributed by atoms with Crippen LogP contribution < -0.4 is 10.6 Å². The number of hydrogen-bond acceptors (Lipinski definition) is 2. The van der Waals surface area contributed by atoms with E-state index in [2.05, 4.69) is 39.9 Å². The molecule has 0 bridgehead atoms. The summed E-state index contributed by atoms with van der Waals surface area (Å²) in [6.45, 7) is 2.61. The molecule has 0 saturated heterocycles. The van der Waals surface area contributed by atoms with Gasteiger partial charge in [-0.2, -0.15) is 0 Å². The first kappa shape index (κ1) is 14.6. The van der Waals surface area contributed by atoms with E-state index in [0.717, 1.165) is 18.5 Å². The van der Waals surface area contributed by atoms with Gasteiger partial charge in [0.05, 0.1) is 11.7 Å². The number of urea groups is 1. The lowest BCUT2D eigenvalue weighted by Crippen LogP contribution is -2.41. The van der Waals surface area contributed by atoms with E-state index in [9.17, 15) is 4.79 Å². The van der Waals surface area contributed by atoms with E-state index in [1.165, 1.54) is 5.56 Å². The first-order chi connectivity index (χ1) is 10.7. The fraction of sp³-hybridized carbons (Fsp3) is 0.333. The third kappa shape index (κ3) is 3.27. The summed E-state index contributed by atoms with van der Waals surface area (Å²) in [6.07, 6.45) is 4.00. The van der Waals surface area contributed by atoms with Crippen molar-refractivity contribution in [3.8, 4) is 0 Å². The molecule has 0 aliphatic heterocycles. The van der Waals surface area contributed by atoms with Crippen LogP contribution in [0.1, 0.15) is 37.1 Å². The molecule has 2 amide bonds. The molecule has 1 aliphatic carbocycles. The Kier molecular flexibility index (Phi) is 4.09. The molecule has 114 valence electrons. The highest BCUT2D eigenvalue weighted by Gasteiger charge is 2.44. The van der Waals surface area contributed by atoms with Crippen LogP contribution in [0.4, 0.5) is 4.79 Å². The van der Waals surface area contributed by atoms with Gasteiger partial charge in [0.2, 0.25) is 0 Å². The summed E-state index contributed by atoms with van der Waals surface area (Å²) < 4.78 is 0. The minimum atomic E-state index is -0.139. The molecule has 2 N–H and O–H groups in total. The molecule has 4 heteroatoms. The van der Waals surface area contributed by atoms with E-state index in [1.54, 1.807) is 6.20 Å². The van der Waals surface area contributed by atoms with Gasteiger partial charge in [0.15, 0.2) is 0 Å². The second-order valence-corrected chi connectivity index (χ2v) is 5.95. The van der Waals surface area contributed by atoms with Crippen LogP contribution in [0.5, 0.6) is 0 Å². The quantitative estimate of drug-likeness (QED) is 0.890. The van der Waals surface area contributed by atoms with Crippen molar-refractivity contribution >= 4 is 6.03 Å². The summed E-state index contributed by atoms with van der Waals surface area (Å²) in [4.78, 5) is 16.3. The molecule has 2 aromatic rings. The molecule has 1 aromatic heterocycles. The number of carbonyl (C=O) groups excluding carboxylic acids is 1. The SMILES string of the molecule is C[C@@H](NC(=O)NCC1(c2ccccc2)CC1)c1ccccn1. The molecule has 1 fully saturated rings. The summed E-state index contributed by atoms with van der Waals surface area (Å²) in [7, 11) is 0. The number of carbonyl (C=O) groups is 1. The van der Waals surface area contributed by atoms with Gasteiger partial charge in [0.25, 0.3) is 0 Å². The molecule has 1 atom stereocenters. The Morgan fingerprint density at radius 1 is 1.18 bits per heavy atom. The van der Waals surface area contributed by atoms with E-state index in [1.807, 2.05) is 31.2 Å². The van der Waals surface area contributed by atoms with Gasteiger partial charge < -0.3 is 10.6 Å². The van der Waals surface area contributed by atoms with Gasteiger partial charge in [0.1, 0.15) is 0 Å². The van der Waals surface area contributed by atoms with Crippen LogP contribution >= 0.6 is 0 Å². The van der Waals surface area contributed by atoms with Crippen LogP contribution in [0, 0.1) is 0 Å². The smallest absolute Gasteiger partial charge is 0.315 e. The molecule has 1 aromatic carbocycles. The van der Waals surface area contributed by atoms with Crippen LogP contribution in [-0.4, -0.2) is 17.6 Å². The van der Waals surface area contributed by atoms with Crippen molar-refractivity contribution in [3.63, 3.8) is 0 Å². The summed E-state index contributed by atoms with van der Waals surface area (Å²) in [5.41, 5.74) is 2.31. The van der Waals surface area contributed by atoms with Crippen LogP contribution in [0.15, 0.2) is 54.7 Å². The number of benzene rings is 1. The molecule has 3 rings (SSSR count). The Morgan fingerprint density at radius 2 is 1.91 bits per heavy atom. The van der Waals surface area contributed by atoms with Gasteiger partial charge in [0, 0.05) is 18.2 Å². The molecule has 1 aliphatic rings. The van der Waals surface area contributed by atoms with Crippen molar-refractivity contribution < 1.29 is 4.79 Å². The zero-order valence-corrected chi connectivity index (χ0v) is 12.8. The number of pyridine rings is 1. The zero-order valence-electron chi connectivity index (χ0n) is 12.8. The highest BCUT2D eigenvalue weighted by molar-refractivity contribution is 5.74. The van der Waals surface area contributed by atoms with Crippen LogP contribution in [0.2, 0.25) is 0 Å². The normalized spacial score (nSPS) is 16.6. The highest BCUT2D eigenvalue weighted by Crippen LogP contribution is 2.47. The molecular weight excluding hydrogens is 274 g/mol. The minimum Gasteiger partial charge on any atom is -0.337 e. The van der Waals surface area contributed by atoms with Crippen molar-refractivity contribution in [2.24, 2.45) is 0 Å². The number of nitrogens with one attached hydrogen (secondary N) is 2. The molecule has 1 heterocycles. The third-order valence-corrected chi connectivity index (χ3v) is 4.31. The summed E-state index contributed by atoms with van der Waals surface area (Å²) in [5, 5.41) is 5.94. The second-order valence-electron chi connectivity index (χ2n) is 5.95. The zero-order chi connectivity index (χ0) is 15.4. The van der Waals surface area contributed by atoms with Gasteiger partial charge in [-0.05, 0) is 37.5 Å². The third-order valence-electron chi connectivity index (χ3n) is 4.31. The van der Waals surface area contributed by atoms with E-state index < -0.39 is 0 Å². The maximum Gasteiger partial charge on any atom is 0.315 e. The standard InChI is InChI=1S/C18H21N3O/c1-14(16-9-5-6-12-19-16)21-17(22)20-13-18(10-11-18)15-7-3-2-4-8-15/h2-9,12,14H,10-11,13H2,1H3,(H2,20,21,22)/t14-/m1/s1. The van der Waals surface area contributed by atoms with Crippen LogP contribution in [0.3, 0.4) is 0 Å². The molecule has 22 heavy (non-hydrogen) atoms. The van der Waals surface area contributed by atoms with Gasteiger partial charge in [-0.15, -0.1) is 0 Å². The molecule has 0 spiro atoms. The fourth-order valence-corrected chi connectivity index (χ4v) is 2.71. The number of hydrogen-bond donors (Lipinski definition) is 2. The second kappa shape index (κ2) is 6.18. The largest absolute Gasteiger partial charge is 0.337 e. The molecule has 1 saturated carbocycles. The highest BCUT2D eigenvalue weighted by atomic mass is 16.2. The minimum absolute atomic E-state index is 0.104. The number of rotatable bonds is 5. The predicted octanol–water partition coefficient (Wildman–Crippen LogP) is 3.17. The maximum atomic E-state index is 12.1. The lowest BCUT2D eigenvalue weighted by Gasteiger charge is -2.19. The number of nitrogens with zero attached hydrogens (tertiary/aromatic N) is 1. The van der Waals surface area contributed by atoms with Gasteiger partial charge in [-0.1, -0.05) is 36.4 Å². The first-order valence-corrected chi connectivity index (χ1v) is 7.70. The van der Waals surface area contributed by atoms with Crippen LogP contribution in [-0.2, 0) is 5.41 Å².